The van der Waals surface area contributed by atoms with Crippen LogP contribution in [0.2, 0.25) is 10.2 Å². The number of nitrogens with one attached hydrogen (secondary N) is 2. The van der Waals surface area contributed by atoms with E-state index in [0.29, 0.717) is 5.15 Å². The highest BCUT2D eigenvalue weighted by molar-refractivity contribution is 6.31. The van der Waals surface area contributed by atoms with Gasteiger partial charge in [0, 0.05) is 24.0 Å². The minimum Gasteiger partial charge on any atom is -0.334 e. The number of carbonyl (C=O) groups excluding carboxylic acids is 1. The van der Waals surface area contributed by atoms with Crippen molar-refractivity contribution in [1.82, 2.24) is 10.3 Å². The maximum atomic E-state index is 12.9. The largest absolute Gasteiger partial charge is 0.417 e. The van der Waals surface area contributed by atoms with Gasteiger partial charge in [-0.2, -0.15) is 13.2 Å². The molecule has 0 spiro atoms. The van der Waals surface area contributed by atoms with Gasteiger partial charge in [0.2, 0.25) is 0 Å². The Labute approximate surface area is 174 Å². The summed E-state index contributed by atoms with van der Waals surface area (Å²) in [5, 5.41) is 4.93. The highest BCUT2D eigenvalue weighted by Crippen LogP contribution is 2.36. The summed E-state index contributed by atoms with van der Waals surface area (Å²) in [7, 11) is 0. The average molecular weight is 440 g/mol. The van der Waals surface area contributed by atoms with Crippen LogP contribution in [0.1, 0.15) is 11.1 Å². The van der Waals surface area contributed by atoms with Crippen LogP contribution in [0.3, 0.4) is 0 Å². The van der Waals surface area contributed by atoms with Crippen molar-refractivity contribution in [3.05, 3.63) is 82.1 Å². The number of urea groups is 1. The van der Waals surface area contributed by atoms with Crippen molar-refractivity contribution in [2.24, 2.45) is 0 Å². The van der Waals surface area contributed by atoms with E-state index in [1.807, 2.05) is 30.3 Å². The van der Waals surface area contributed by atoms with Crippen LogP contribution in [0.25, 0.3) is 11.1 Å². The van der Waals surface area contributed by atoms with E-state index >= 15 is 0 Å². The SMILES string of the molecule is O=C(NCc1cccc(-c2ccc(Cl)nc2)c1)Nc1ccc(Cl)c(C(F)(F)F)c1. The fourth-order valence-electron chi connectivity index (χ4n) is 2.59. The van der Waals surface area contributed by atoms with Crippen molar-refractivity contribution in [2.75, 3.05) is 5.32 Å². The minimum atomic E-state index is -4.61. The first-order chi connectivity index (χ1) is 13.7. The molecule has 0 saturated heterocycles. The van der Waals surface area contributed by atoms with Crippen molar-refractivity contribution in [3.63, 3.8) is 0 Å². The summed E-state index contributed by atoms with van der Waals surface area (Å²) in [6, 6.07) is 13.4. The number of halogens is 5. The van der Waals surface area contributed by atoms with Gasteiger partial charge in [0.25, 0.3) is 0 Å². The predicted molar refractivity (Wildman–Crippen MR) is 107 cm³/mol. The number of carbonyl (C=O) groups is 1. The van der Waals surface area contributed by atoms with Gasteiger partial charge < -0.3 is 10.6 Å². The van der Waals surface area contributed by atoms with Crippen molar-refractivity contribution >= 4 is 34.9 Å². The molecule has 29 heavy (non-hydrogen) atoms. The number of aromatic nitrogens is 1. The molecule has 0 atom stereocenters. The molecule has 1 heterocycles. The van der Waals surface area contributed by atoms with E-state index < -0.39 is 22.8 Å². The van der Waals surface area contributed by atoms with Crippen molar-refractivity contribution in [1.29, 1.82) is 0 Å². The van der Waals surface area contributed by atoms with Crippen LogP contribution in [0, 0.1) is 0 Å². The van der Waals surface area contributed by atoms with E-state index in [2.05, 4.69) is 15.6 Å². The molecule has 2 N–H and O–H groups in total. The van der Waals surface area contributed by atoms with Crippen LogP contribution in [0.4, 0.5) is 23.7 Å². The Morgan fingerprint density at radius 1 is 1.00 bits per heavy atom. The quantitative estimate of drug-likeness (QED) is 0.462. The van der Waals surface area contributed by atoms with Gasteiger partial charge >= 0.3 is 12.2 Å². The van der Waals surface area contributed by atoms with Crippen LogP contribution in [0.5, 0.6) is 0 Å². The molecule has 0 aliphatic carbocycles. The van der Waals surface area contributed by atoms with Crippen molar-refractivity contribution in [2.45, 2.75) is 12.7 Å². The second-order valence-electron chi connectivity index (χ2n) is 6.07. The van der Waals surface area contributed by atoms with Gasteiger partial charge in [0.1, 0.15) is 5.15 Å². The molecule has 0 fully saturated rings. The molecule has 0 unspecified atom stereocenters. The number of nitrogens with zero attached hydrogens (tertiary/aromatic N) is 1. The fraction of sp³-hybridized carbons (Fsp3) is 0.100. The number of alkyl halides is 3. The molecule has 2 aromatic carbocycles. The molecule has 0 saturated carbocycles. The highest BCUT2D eigenvalue weighted by Gasteiger charge is 2.33. The number of rotatable bonds is 4. The summed E-state index contributed by atoms with van der Waals surface area (Å²) in [5.74, 6) is 0. The van der Waals surface area contributed by atoms with Gasteiger partial charge in [-0.25, -0.2) is 9.78 Å². The normalized spacial score (nSPS) is 11.2. The zero-order valence-electron chi connectivity index (χ0n) is 14.7. The fourth-order valence-corrected chi connectivity index (χ4v) is 2.92. The molecule has 2 amide bonds. The number of anilines is 1. The molecular formula is C20H14Cl2F3N3O. The third-order valence-electron chi connectivity index (χ3n) is 3.97. The summed E-state index contributed by atoms with van der Waals surface area (Å²) in [6.07, 6.45) is -2.97. The van der Waals surface area contributed by atoms with E-state index in [9.17, 15) is 18.0 Å². The second kappa shape index (κ2) is 8.71. The number of hydrogen-bond donors (Lipinski definition) is 2. The minimum absolute atomic E-state index is 0.0137. The molecule has 9 heteroatoms. The summed E-state index contributed by atoms with van der Waals surface area (Å²) >= 11 is 11.4. The first-order valence-electron chi connectivity index (χ1n) is 8.35. The zero-order chi connectivity index (χ0) is 21.0. The molecule has 0 aliphatic heterocycles. The Morgan fingerprint density at radius 2 is 1.79 bits per heavy atom. The summed E-state index contributed by atoms with van der Waals surface area (Å²) in [6.45, 7) is 0.181. The van der Waals surface area contributed by atoms with Gasteiger partial charge in [-0.3, -0.25) is 0 Å². The molecule has 4 nitrogen and oxygen atoms in total. The maximum Gasteiger partial charge on any atom is 0.417 e. The second-order valence-corrected chi connectivity index (χ2v) is 6.86. The molecule has 1 aromatic heterocycles. The predicted octanol–water partition coefficient (Wildman–Crippen LogP) is 6.40. The molecule has 0 radical (unpaired) electrons. The van der Waals surface area contributed by atoms with E-state index in [1.54, 1.807) is 12.3 Å². The van der Waals surface area contributed by atoms with Gasteiger partial charge in [-0.1, -0.05) is 41.4 Å². The Kier molecular flexibility index (Phi) is 6.30. The van der Waals surface area contributed by atoms with E-state index in [-0.39, 0.29) is 12.2 Å². The standard InChI is InChI=1S/C20H14Cl2F3N3O/c21-17-6-5-15(9-16(17)20(23,24)25)28-19(29)27-10-12-2-1-3-13(8-12)14-4-7-18(22)26-11-14/h1-9,11H,10H2,(H2,27,28,29). The number of pyridine rings is 1. The Hall–Kier alpha value is -2.77. The first kappa shape index (κ1) is 21.0. The lowest BCUT2D eigenvalue weighted by atomic mass is 10.0. The van der Waals surface area contributed by atoms with E-state index in [4.69, 9.17) is 23.2 Å². The first-order valence-corrected chi connectivity index (χ1v) is 9.10. The van der Waals surface area contributed by atoms with Gasteiger partial charge in [-0.05, 0) is 47.5 Å². The molecule has 0 aliphatic rings. The highest BCUT2D eigenvalue weighted by atomic mass is 35.5. The number of hydrogen-bond acceptors (Lipinski definition) is 2. The third-order valence-corrected chi connectivity index (χ3v) is 4.52. The topological polar surface area (TPSA) is 54.0 Å². The Bertz CT molecular complexity index is 1020. The Morgan fingerprint density at radius 3 is 2.48 bits per heavy atom. The molecular weight excluding hydrogens is 426 g/mol. The van der Waals surface area contributed by atoms with Gasteiger partial charge in [-0.15, -0.1) is 0 Å². The lowest BCUT2D eigenvalue weighted by molar-refractivity contribution is -0.137. The molecule has 0 bridgehead atoms. The maximum absolute atomic E-state index is 12.9. The lowest BCUT2D eigenvalue weighted by Gasteiger charge is -2.12. The van der Waals surface area contributed by atoms with Crippen LogP contribution >= 0.6 is 23.2 Å². The smallest absolute Gasteiger partial charge is 0.334 e. The van der Waals surface area contributed by atoms with Gasteiger partial charge in [0.15, 0.2) is 0 Å². The van der Waals surface area contributed by atoms with E-state index in [1.165, 1.54) is 6.07 Å². The molecule has 150 valence electrons. The monoisotopic (exact) mass is 439 g/mol. The van der Waals surface area contributed by atoms with Crippen LogP contribution in [0.15, 0.2) is 60.8 Å². The van der Waals surface area contributed by atoms with Crippen LogP contribution in [-0.2, 0) is 12.7 Å². The van der Waals surface area contributed by atoms with Crippen molar-refractivity contribution in [3.8, 4) is 11.1 Å². The Balaban J connectivity index is 1.64. The third kappa shape index (κ3) is 5.62. The average Bonchev–Trinajstić information content (AvgIpc) is 2.68. The number of amides is 2. The van der Waals surface area contributed by atoms with Gasteiger partial charge in [0.05, 0.1) is 10.6 Å². The summed E-state index contributed by atoms with van der Waals surface area (Å²) in [5.41, 5.74) is 1.53. The van der Waals surface area contributed by atoms with Crippen molar-refractivity contribution < 1.29 is 18.0 Å². The lowest BCUT2D eigenvalue weighted by Crippen LogP contribution is -2.28. The molecule has 3 rings (SSSR count). The molecule has 3 aromatic rings. The summed E-state index contributed by atoms with van der Waals surface area (Å²) in [4.78, 5) is 16.1. The van der Waals surface area contributed by atoms with Crippen LogP contribution < -0.4 is 10.6 Å². The van der Waals surface area contributed by atoms with E-state index in [0.717, 1.165) is 28.8 Å². The number of benzene rings is 2. The van der Waals surface area contributed by atoms with Crippen LogP contribution in [-0.4, -0.2) is 11.0 Å². The zero-order valence-corrected chi connectivity index (χ0v) is 16.2. The summed E-state index contributed by atoms with van der Waals surface area (Å²) < 4.78 is 38.7.